The van der Waals surface area contributed by atoms with E-state index in [9.17, 15) is 0 Å². The maximum atomic E-state index is 6.68. The van der Waals surface area contributed by atoms with Crippen LogP contribution in [0.3, 0.4) is 0 Å². The molecule has 0 aliphatic carbocycles. The van der Waals surface area contributed by atoms with Crippen molar-refractivity contribution in [2.45, 2.75) is 88.7 Å². The summed E-state index contributed by atoms with van der Waals surface area (Å²) in [4.78, 5) is 5.07. The van der Waals surface area contributed by atoms with Crippen LogP contribution in [0.5, 0.6) is 0 Å². The second-order valence-electron chi connectivity index (χ2n) is 8.40. The molecule has 1 radical (unpaired) electrons. The van der Waals surface area contributed by atoms with Gasteiger partial charge in [-0.15, -0.1) is 0 Å². The first-order valence-corrected chi connectivity index (χ1v) is 22.5. The van der Waals surface area contributed by atoms with Gasteiger partial charge in [-0.25, -0.2) is 0 Å². The molecule has 0 aromatic carbocycles. The van der Waals surface area contributed by atoms with Crippen molar-refractivity contribution in [2.24, 2.45) is 0 Å². The van der Waals surface area contributed by atoms with Crippen molar-refractivity contribution in [2.75, 3.05) is 0 Å². The van der Waals surface area contributed by atoms with Crippen molar-refractivity contribution in [1.82, 2.24) is 4.98 Å². The van der Waals surface area contributed by atoms with Gasteiger partial charge in [-0.2, -0.15) is 0 Å². The Morgan fingerprint density at radius 3 is 1.74 bits per heavy atom. The summed E-state index contributed by atoms with van der Waals surface area (Å²) in [5.41, 5.74) is 3.93. The predicted molar refractivity (Wildman–Crippen MR) is 137 cm³/mol. The second kappa shape index (κ2) is 10.7. The molecule has 1 heterocycles. The van der Waals surface area contributed by atoms with Crippen molar-refractivity contribution in [3.05, 3.63) is 29.6 Å². The fraction of sp³-hybridized carbons (Fsp3) is 0.737. The van der Waals surface area contributed by atoms with Gasteiger partial charge in [0.2, 0.25) is 0 Å². The van der Waals surface area contributed by atoms with E-state index in [4.69, 9.17) is 48.6 Å². The molecule has 8 heteroatoms. The summed E-state index contributed by atoms with van der Waals surface area (Å²) in [6, 6.07) is 2.97. The molecule has 0 aliphatic rings. The number of pyridine rings is 1. The molecule has 27 heavy (non-hydrogen) atoms. The SMILES string of the molecule is CC(C)P(=S)(Cc1cccc([CH]([Ge]([Cl])[Cl])P(=S)(C(C)C)C(C)C)n1)C(C)C. The molecule has 0 fully saturated rings. The number of halogens is 2. The summed E-state index contributed by atoms with van der Waals surface area (Å²) in [5, 5.41) is 0. The van der Waals surface area contributed by atoms with Gasteiger partial charge in [0.05, 0.1) is 0 Å². The molecule has 155 valence electrons. The van der Waals surface area contributed by atoms with Gasteiger partial charge in [0.25, 0.3) is 0 Å². The van der Waals surface area contributed by atoms with Crippen molar-refractivity contribution in [1.29, 1.82) is 0 Å². The number of aromatic nitrogens is 1. The topological polar surface area (TPSA) is 12.9 Å². The summed E-state index contributed by atoms with van der Waals surface area (Å²) < 4.78 is 0.0757. The predicted octanol–water partition coefficient (Wildman–Crippen LogP) is 7.72. The third-order valence-corrected chi connectivity index (χ3v) is 30.7. The Morgan fingerprint density at radius 2 is 1.37 bits per heavy atom. The van der Waals surface area contributed by atoms with Gasteiger partial charge < -0.3 is 0 Å². The Kier molecular flexibility index (Phi) is 10.6. The zero-order valence-corrected chi connectivity index (χ0v) is 24.8. The van der Waals surface area contributed by atoms with Gasteiger partial charge in [0.1, 0.15) is 0 Å². The zero-order chi connectivity index (χ0) is 21.2. The van der Waals surface area contributed by atoms with E-state index < -0.39 is 24.6 Å². The van der Waals surface area contributed by atoms with Crippen LogP contribution in [0, 0.1) is 0 Å². The van der Waals surface area contributed by atoms with Crippen molar-refractivity contribution in [3.8, 4) is 0 Å². The summed E-state index contributed by atoms with van der Waals surface area (Å²) >= 11 is 10.1. The van der Waals surface area contributed by atoms with Crippen LogP contribution in [-0.4, -0.2) is 40.1 Å². The van der Waals surface area contributed by atoms with E-state index in [0.717, 1.165) is 17.5 Å². The molecule has 0 saturated heterocycles. The van der Waals surface area contributed by atoms with Crippen LogP contribution in [-0.2, 0) is 29.8 Å². The fourth-order valence-corrected chi connectivity index (χ4v) is 26.3. The van der Waals surface area contributed by atoms with Crippen LogP contribution < -0.4 is 0 Å². The third-order valence-electron chi connectivity index (χ3n) is 5.49. The first kappa shape index (κ1) is 26.6. The number of hydrogen-bond donors (Lipinski definition) is 0. The molecule has 1 aromatic heterocycles. The molecule has 0 bridgehead atoms. The number of hydrogen-bond acceptors (Lipinski definition) is 3. The number of rotatable bonds is 9. The average molecular weight is 546 g/mol. The molecular formula is C19H34Cl2GeNP2S2. The van der Waals surface area contributed by atoms with Gasteiger partial charge in [-0.3, -0.25) is 0 Å². The van der Waals surface area contributed by atoms with Crippen LogP contribution in [0.1, 0.15) is 71.3 Å². The molecule has 1 rings (SSSR count). The van der Waals surface area contributed by atoms with Gasteiger partial charge >= 0.3 is 191 Å². The van der Waals surface area contributed by atoms with Crippen LogP contribution in [0.15, 0.2) is 18.2 Å². The quantitative estimate of drug-likeness (QED) is 0.233. The fourth-order valence-electron chi connectivity index (χ4n) is 3.62. The molecule has 1 unspecified atom stereocenters. The Hall–Kier alpha value is 1.57. The third kappa shape index (κ3) is 6.05. The summed E-state index contributed by atoms with van der Waals surface area (Å²) in [5.74, 6) is 0. The molecule has 0 amide bonds. The normalized spacial score (nSPS) is 14.8. The van der Waals surface area contributed by atoms with Gasteiger partial charge in [-0.1, -0.05) is 0 Å². The van der Waals surface area contributed by atoms with Crippen molar-refractivity contribution in [3.63, 3.8) is 0 Å². The Bertz CT molecular complexity index is 699. The van der Waals surface area contributed by atoms with E-state index >= 15 is 0 Å². The standard InChI is InChI=1S/C19H34Cl2GeNP2S2/c1-13(2)24(26,14(3)4)12-17-10-9-11-18(23-17)19(22(20)21)25(27,15(5)6)16(7)8/h9-11,13-16,19H,12H2,1-8H3. The number of nitrogens with zero attached hydrogens (tertiary/aromatic N) is 1. The average Bonchev–Trinajstić information content (AvgIpc) is 2.53. The molecule has 1 aromatic rings. The summed E-state index contributed by atoms with van der Waals surface area (Å²) in [6.07, 6.45) is 0.893. The molecule has 0 N–H and O–H groups in total. The van der Waals surface area contributed by atoms with E-state index in [2.05, 4.69) is 73.6 Å². The summed E-state index contributed by atoms with van der Waals surface area (Å²) in [7, 11) is 13.4. The van der Waals surface area contributed by atoms with Crippen LogP contribution in [0.2, 0.25) is 0 Å². The Labute approximate surface area is 190 Å². The van der Waals surface area contributed by atoms with E-state index in [1.165, 1.54) is 0 Å². The van der Waals surface area contributed by atoms with E-state index in [0.29, 0.717) is 22.6 Å². The van der Waals surface area contributed by atoms with Crippen LogP contribution in [0.4, 0.5) is 0 Å². The van der Waals surface area contributed by atoms with Gasteiger partial charge in [-0.05, 0) is 0 Å². The van der Waals surface area contributed by atoms with E-state index in [-0.39, 0.29) is 4.49 Å². The van der Waals surface area contributed by atoms with Crippen molar-refractivity contribution >= 4 is 68.2 Å². The molecular weight excluding hydrogens is 512 g/mol. The van der Waals surface area contributed by atoms with Crippen LogP contribution >= 0.6 is 32.1 Å². The molecule has 0 saturated carbocycles. The minimum atomic E-state index is -2.35. The second-order valence-corrected chi connectivity index (χ2v) is 29.2. The molecule has 1 nitrogen and oxygen atoms in total. The molecule has 0 spiro atoms. The Balaban J connectivity index is 3.44. The maximum absolute atomic E-state index is 6.68. The van der Waals surface area contributed by atoms with E-state index in [1.807, 2.05) is 0 Å². The zero-order valence-electron chi connectivity index (χ0n) is 17.7. The summed E-state index contributed by atoms with van der Waals surface area (Å²) in [6.45, 7) is 17.9. The minimum absolute atomic E-state index is 0.0757. The monoisotopic (exact) mass is 546 g/mol. The van der Waals surface area contributed by atoms with Gasteiger partial charge in [0, 0.05) is 0 Å². The van der Waals surface area contributed by atoms with Gasteiger partial charge in [0.15, 0.2) is 0 Å². The first-order valence-electron chi connectivity index (χ1n) is 9.59. The Morgan fingerprint density at radius 1 is 0.889 bits per heavy atom. The van der Waals surface area contributed by atoms with E-state index in [1.54, 1.807) is 0 Å². The first-order chi connectivity index (χ1) is 12.3. The van der Waals surface area contributed by atoms with Crippen LogP contribution in [0.25, 0.3) is 0 Å². The van der Waals surface area contributed by atoms with Crippen molar-refractivity contribution < 1.29 is 0 Å². The molecule has 0 aliphatic heterocycles. The molecule has 1 atom stereocenters.